The van der Waals surface area contributed by atoms with Crippen molar-refractivity contribution in [1.82, 2.24) is 20.0 Å². The Balaban J connectivity index is 1.75. The van der Waals surface area contributed by atoms with Crippen molar-refractivity contribution >= 4 is 22.4 Å². The standard InChI is InChI=1S/C14H19N5O2S/c1-4-19(13-15-10(2)6-22-13)12(20)11-5-18(17-16-11)7-14(3)8-21-9-14/h5-6H,4,7-9H2,1-3H3. The van der Waals surface area contributed by atoms with Crippen molar-refractivity contribution in [3.8, 4) is 0 Å². The second-order valence-corrected chi connectivity index (χ2v) is 6.76. The van der Waals surface area contributed by atoms with Crippen LogP contribution in [-0.4, -0.2) is 45.6 Å². The molecule has 1 aliphatic rings. The lowest BCUT2D eigenvalue weighted by atomic mass is 9.89. The number of aryl methyl sites for hydroxylation is 1. The van der Waals surface area contributed by atoms with E-state index < -0.39 is 0 Å². The summed E-state index contributed by atoms with van der Waals surface area (Å²) in [5.41, 5.74) is 1.34. The van der Waals surface area contributed by atoms with Crippen LogP contribution >= 0.6 is 11.3 Å². The van der Waals surface area contributed by atoms with E-state index in [1.807, 2.05) is 19.2 Å². The van der Waals surface area contributed by atoms with Gasteiger partial charge in [-0.2, -0.15) is 0 Å². The maximum absolute atomic E-state index is 12.6. The highest BCUT2D eigenvalue weighted by molar-refractivity contribution is 7.14. The molecule has 0 radical (unpaired) electrons. The van der Waals surface area contributed by atoms with Crippen LogP contribution in [0.3, 0.4) is 0 Å². The summed E-state index contributed by atoms with van der Waals surface area (Å²) in [7, 11) is 0. The van der Waals surface area contributed by atoms with Gasteiger partial charge in [-0.1, -0.05) is 12.1 Å². The number of anilines is 1. The molecule has 1 amide bonds. The molecule has 0 bridgehead atoms. The molecule has 0 N–H and O–H groups in total. The van der Waals surface area contributed by atoms with E-state index in [0.717, 1.165) is 18.9 Å². The normalized spacial score (nSPS) is 16.3. The number of carbonyl (C=O) groups excluding carboxylic acids is 1. The fourth-order valence-corrected chi connectivity index (χ4v) is 3.24. The van der Waals surface area contributed by atoms with Gasteiger partial charge in [-0.25, -0.2) is 4.98 Å². The van der Waals surface area contributed by atoms with Crippen LogP contribution in [0.5, 0.6) is 0 Å². The van der Waals surface area contributed by atoms with Gasteiger partial charge in [-0.15, -0.1) is 16.4 Å². The van der Waals surface area contributed by atoms with Crippen LogP contribution in [0.1, 0.15) is 30.0 Å². The molecule has 8 heteroatoms. The first-order valence-corrected chi connectivity index (χ1v) is 8.10. The van der Waals surface area contributed by atoms with E-state index >= 15 is 0 Å². The predicted octanol–water partition coefficient (Wildman–Crippen LogP) is 1.75. The summed E-state index contributed by atoms with van der Waals surface area (Å²) < 4.78 is 6.96. The lowest BCUT2D eigenvalue weighted by Gasteiger charge is -2.37. The van der Waals surface area contributed by atoms with Gasteiger partial charge >= 0.3 is 0 Å². The zero-order valence-corrected chi connectivity index (χ0v) is 13.8. The molecule has 118 valence electrons. The first-order chi connectivity index (χ1) is 10.5. The molecule has 1 saturated heterocycles. The van der Waals surface area contributed by atoms with Gasteiger partial charge in [-0.3, -0.25) is 14.4 Å². The van der Waals surface area contributed by atoms with E-state index in [-0.39, 0.29) is 11.3 Å². The SMILES string of the molecule is CCN(C(=O)c1cn(CC2(C)COC2)nn1)c1nc(C)cs1. The second kappa shape index (κ2) is 5.77. The molecule has 1 aliphatic heterocycles. The lowest BCUT2D eigenvalue weighted by Crippen LogP contribution is -2.43. The van der Waals surface area contributed by atoms with Crippen molar-refractivity contribution in [2.45, 2.75) is 27.3 Å². The van der Waals surface area contributed by atoms with E-state index in [0.29, 0.717) is 23.9 Å². The monoisotopic (exact) mass is 321 g/mol. The summed E-state index contributed by atoms with van der Waals surface area (Å²) in [6, 6.07) is 0. The number of amides is 1. The third-order valence-corrected chi connectivity index (χ3v) is 4.58. The third kappa shape index (κ3) is 2.89. The fourth-order valence-electron chi connectivity index (χ4n) is 2.38. The van der Waals surface area contributed by atoms with Crippen molar-refractivity contribution in [3.05, 3.63) is 23.0 Å². The van der Waals surface area contributed by atoms with E-state index in [9.17, 15) is 4.79 Å². The number of aromatic nitrogens is 4. The van der Waals surface area contributed by atoms with Gasteiger partial charge in [0, 0.05) is 17.3 Å². The molecule has 0 unspecified atom stereocenters. The molecule has 22 heavy (non-hydrogen) atoms. The Morgan fingerprint density at radius 3 is 2.86 bits per heavy atom. The topological polar surface area (TPSA) is 73.1 Å². The summed E-state index contributed by atoms with van der Waals surface area (Å²) in [5.74, 6) is -0.168. The summed E-state index contributed by atoms with van der Waals surface area (Å²) in [6.07, 6.45) is 1.70. The number of rotatable bonds is 5. The maximum Gasteiger partial charge on any atom is 0.282 e. The molecule has 0 aliphatic carbocycles. The van der Waals surface area contributed by atoms with Gasteiger partial charge in [0.2, 0.25) is 0 Å². The average molecular weight is 321 g/mol. The van der Waals surface area contributed by atoms with Crippen molar-refractivity contribution in [2.75, 3.05) is 24.7 Å². The number of thiazole rings is 1. The summed E-state index contributed by atoms with van der Waals surface area (Å²) in [6.45, 7) is 8.66. The van der Waals surface area contributed by atoms with Gasteiger partial charge in [0.1, 0.15) is 0 Å². The average Bonchev–Trinajstić information content (AvgIpc) is 3.07. The highest BCUT2D eigenvalue weighted by atomic mass is 32.1. The van der Waals surface area contributed by atoms with Crippen molar-refractivity contribution in [3.63, 3.8) is 0 Å². The number of nitrogens with zero attached hydrogens (tertiary/aromatic N) is 5. The molecule has 0 aromatic carbocycles. The molecule has 7 nitrogen and oxygen atoms in total. The van der Waals surface area contributed by atoms with Crippen LogP contribution in [0.15, 0.2) is 11.6 Å². The Labute approximate surface area is 132 Å². The first kappa shape index (κ1) is 15.1. The highest BCUT2D eigenvalue weighted by Gasteiger charge is 2.34. The van der Waals surface area contributed by atoms with Gasteiger partial charge < -0.3 is 4.74 Å². The summed E-state index contributed by atoms with van der Waals surface area (Å²) >= 11 is 1.46. The number of hydrogen-bond acceptors (Lipinski definition) is 6. The van der Waals surface area contributed by atoms with Crippen LogP contribution in [0, 0.1) is 12.3 Å². The molecule has 2 aromatic rings. The largest absolute Gasteiger partial charge is 0.380 e. The van der Waals surface area contributed by atoms with Crippen molar-refractivity contribution in [1.29, 1.82) is 0 Å². The van der Waals surface area contributed by atoms with Gasteiger partial charge in [0.25, 0.3) is 5.91 Å². The Morgan fingerprint density at radius 2 is 2.32 bits per heavy atom. The Morgan fingerprint density at radius 1 is 1.55 bits per heavy atom. The number of carbonyl (C=O) groups is 1. The van der Waals surface area contributed by atoms with E-state index in [1.54, 1.807) is 15.8 Å². The Bertz CT molecular complexity index is 676. The van der Waals surface area contributed by atoms with E-state index in [4.69, 9.17) is 4.74 Å². The van der Waals surface area contributed by atoms with Crippen LogP contribution < -0.4 is 4.90 Å². The summed E-state index contributed by atoms with van der Waals surface area (Å²) in [4.78, 5) is 18.6. The first-order valence-electron chi connectivity index (χ1n) is 7.23. The zero-order chi connectivity index (χ0) is 15.7. The Kier molecular flexibility index (Phi) is 3.96. The van der Waals surface area contributed by atoms with Crippen LogP contribution in [0.4, 0.5) is 5.13 Å². The summed E-state index contributed by atoms with van der Waals surface area (Å²) in [5, 5.41) is 10.7. The molecule has 0 atom stereocenters. The molecular formula is C14H19N5O2S. The van der Waals surface area contributed by atoms with Gasteiger partial charge in [0.05, 0.1) is 31.6 Å². The van der Waals surface area contributed by atoms with Crippen molar-refractivity contribution < 1.29 is 9.53 Å². The quantitative estimate of drug-likeness (QED) is 0.839. The Hall–Kier alpha value is -1.80. The van der Waals surface area contributed by atoms with E-state index in [2.05, 4.69) is 22.2 Å². The lowest BCUT2D eigenvalue weighted by molar-refractivity contribution is -0.111. The molecule has 2 aromatic heterocycles. The number of hydrogen-bond donors (Lipinski definition) is 0. The molecular weight excluding hydrogens is 302 g/mol. The zero-order valence-electron chi connectivity index (χ0n) is 12.9. The minimum Gasteiger partial charge on any atom is -0.380 e. The second-order valence-electron chi connectivity index (χ2n) is 5.93. The molecule has 1 fully saturated rings. The highest BCUT2D eigenvalue weighted by Crippen LogP contribution is 2.28. The van der Waals surface area contributed by atoms with Crippen LogP contribution in [0.25, 0.3) is 0 Å². The van der Waals surface area contributed by atoms with Crippen molar-refractivity contribution in [2.24, 2.45) is 5.41 Å². The minimum absolute atomic E-state index is 0.0882. The number of ether oxygens (including phenoxy) is 1. The van der Waals surface area contributed by atoms with Crippen LogP contribution in [-0.2, 0) is 11.3 Å². The third-order valence-electron chi connectivity index (χ3n) is 3.60. The molecule has 0 saturated carbocycles. The fraction of sp³-hybridized carbons (Fsp3) is 0.571. The molecule has 3 rings (SSSR count). The van der Waals surface area contributed by atoms with Gasteiger partial charge in [-0.05, 0) is 13.8 Å². The molecule has 3 heterocycles. The predicted molar refractivity (Wildman–Crippen MR) is 83.1 cm³/mol. The van der Waals surface area contributed by atoms with Crippen LogP contribution in [0.2, 0.25) is 0 Å². The van der Waals surface area contributed by atoms with Gasteiger partial charge in [0.15, 0.2) is 10.8 Å². The minimum atomic E-state index is -0.168. The van der Waals surface area contributed by atoms with E-state index in [1.165, 1.54) is 11.3 Å². The molecule has 0 spiro atoms. The smallest absolute Gasteiger partial charge is 0.282 e. The maximum atomic E-state index is 12.6.